The minimum atomic E-state index is -0.742. The molecule has 0 spiro atoms. The van der Waals surface area contributed by atoms with Gasteiger partial charge in [-0.2, -0.15) is 5.10 Å². The Morgan fingerprint density at radius 1 is 1.21 bits per heavy atom. The zero-order valence-corrected chi connectivity index (χ0v) is 16.3. The highest BCUT2D eigenvalue weighted by molar-refractivity contribution is 7.14. The summed E-state index contributed by atoms with van der Waals surface area (Å²) in [6, 6.07) is 8.98. The lowest BCUT2D eigenvalue weighted by atomic mass is 10.1. The maximum Gasteiger partial charge on any atom is 0.230 e. The number of rotatable bonds is 5. The fourth-order valence-electron chi connectivity index (χ4n) is 2.73. The normalized spacial score (nSPS) is 11.0. The lowest BCUT2D eigenvalue weighted by Gasteiger charge is -2.22. The summed E-state index contributed by atoms with van der Waals surface area (Å²) in [5.74, 6) is -1.55. The molecule has 0 radical (unpaired) electrons. The average Bonchev–Trinajstić information content (AvgIpc) is 3.08. The van der Waals surface area contributed by atoms with Crippen LogP contribution in [0.4, 0.5) is 25.3 Å². The molecule has 1 N–H and O–H groups in total. The molecule has 3 rings (SSSR count). The number of carbonyl (C=O) groups excluding carboxylic acids is 1. The number of hydrazone groups is 1. The Balaban J connectivity index is 1.82. The summed E-state index contributed by atoms with van der Waals surface area (Å²) in [6.07, 6.45) is 1.41. The van der Waals surface area contributed by atoms with Crippen LogP contribution < -0.4 is 10.3 Å². The van der Waals surface area contributed by atoms with Crippen LogP contribution >= 0.6 is 11.3 Å². The number of aryl methyl sites for hydroxylation is 2. The number of anilines is 3. The van der Waals surface area contributed by atoms with Crippen LogP contribution in [0, 0.1) is 25.5 Å². The van der Waals surface area contributed by atoms with Gasteiger partial charge in [-0.1, -0.05) is 18.2 Å². The number of nitrogens with zero attached hydrogens (tertiary/aromatic N) is 3. The summed E-state index contributed by atoms with van der Waals surface area (Å²) in [5.41, 5.74) is 5.81. The molecule has 0 saturated carbocycles. The highest BCUT2D eigenvalue weighted by Crippen LogP contribution is 2.33. The second-order valence-corrected chi connectivity index (χ2v) is 6.98. The highest BCUT2D eigenvalue weighted by Gasteiger charge is 2.21. The van der Waals surface area contributed by atoms with E-state index in [1.807, 2.05) is 32.0 Å². The van der Waals surface area contributed by atoms with Gasteiger partial charge in [-0.3, -0.25) is 15.1 Å². The van der Waals surface area contributed by atoms with Gasteiger partial charge in [-0.05, 0) is 37.1 Å². The lowest BCUT2D eigenvalue weighted by Crippen LogP contribution is -2.24. The van der Waals surface area contributed by atoms with Crippen LogP contribution in [-0.2, 0) is 4.79 Å². The van der Waals surface area contributed by atoms with Crippen LogP contribution in [0.25, 0.3) is 0 Å². The molecule has 1 aromatic heterocycles. The quantitative estimate of drug-likeness (QED) is 0.475. The van der Waals surface area contributed by atoms with Crippen molar-refractivity contribution in [2.24, 2.45) is 5.10 Å². The predicted octanol–water partition coefficient (Wildman–Crippen LogP) is 5.17. The van der Waals surface area contributed by atoms with Crippen molar-refractivity contribution in [1.29, 1.82) is 0 Å². The van der Waals surface area contributed by atoms with Crippen molar-refractivity contribution in [3.63, 3.8) is 0 Å². The third kappa shape index (κ3) is 4.23. The number of amides is 1. The molecule has 144 valence electrons. The van der Waals surface area contributed by atoms with E-state index in [2.05, 4.69) is 15.5 Å². The number of para-hydroxylation sites is 1. The molecule has 0 saturated heterocycles. The van der Waals surface area contributed by atoms with Crippen molar-refractivity contribution in [3.8, 4) is 0 Å². The molecule has 0 aliphatic rings. The van der Waals surface area contributed by atoms with Crippen LogP contribution in [0.3, 0.4) is 0 Å². The largest absolute Gasteiger partial charge is 0.275 e. The zero-order valence-electron chi connectivity index (χ0n) is 15.5. The first-order valence-electron chi connectivity index (χ1n) is 8.43. The second kappa shape index (κ2) is 8.26. The van der Waals surface area contributed by atoms with Gasteiger partial charge in [0.05, 0.1) is 23.3 Å². The molecule has 3 aromatic rings. The maximum atomic E-state index is 13.6. The first-order chi connectivity index (χ1) is 13.4. The van der Waals surface area contributed by atoms with E-state index in [9.17, 15) is 13.6 Å². The summed E-state index contributed by atoms with van der Waals surface area (Å²) in [5, 5.41) is 6.19. The van der Waals surface area contributed by atoms with Crippen molar-refractivity contribution in [3.05, 3.63) is 70.2 Å². The third-order valence-corrected chi connectivity index (χ3v) is 4.84. The Labute approximate surface area is 165 Å². The Kier molecular flexibility index (Phi) is 5.79. The molecule has 0 atom stereocenters. The average molecular weight is 400 g/mol. The molecule has 1 heterocycles. The molecule has 0 aliphatic carbocycles. The van der Waals surface area contributed by atoms with Gasteiger partial charge in [0.1, 0.15) is 5.82 Å². The van der Waals surface area contributed by atoms with Crippen molar-refractivity contribution in [2.45, 2.75) is 20.8 Å². The molecule has 0 unspecified atom stereocenters. The van der Waals surface area contributed by atoms with Gasteiger partial charge in [-0.25, -0.2) is 13.8 Å². The van der Waals surface area contributed by atoms with Crippen molar-refractivity contribution >= 4 is 40.0 Å². The summed E-state index contributed by atoms with van der Waals surface area (Å²) < 4.78 is 26.5. The van der Waals surface area contributed by atoms with Crippen LogP contribution in [0.2, 0.25) is 0 Å². The van der Waals surface area contributed by atoms with Gasteiger partial charge in [0.15, 0.2) is 10.9 Å². The number of aromatic nitrogens is 1. The Bertz CT molecular complexity index is 1030. The van der Waals surface area contributed by atoms with E-state index in [1.54, 1.807) is 10.3 Å². The highest BCUT2D eigenvalue weighted by atomic mass is 32.1. The van der Waals surface area contributed by atoms with Gasteiger partial charge >= 0.3 is 0 Å². The van der Waals surface area contributed by atoms with Gasteiger partial charge in [-0.15, -0.1) is 11.3 Å². The molecule has 8 heteroatoms. The number of nitrogens with one attached hydrogen (secondary N) is 1. The molecule has 0 fully saturated rings. The molecule has 28 heavy (non-hydrogen) atoms. The summed E-state index contributed by atoms with van der Waals surface area (Å²) >= 11 is 1.30. The molecular formula is C20H18F2N4OS. The molecule has 0 bridgehead atoms. The third-order valence-electron chi connectivity index (χ3n) is 3.99. The van der Waals surface area contributed by atoms with E-state index in [-0.39, 0.29) is 11.6 Å². The summed E-state index contributed by atoms with van der Waals surface area (Å²) in [7, 11) is 0. The lowest BCUT2D eigenvalue weighted by molar-refractivity contribution is -0.115. The molecule has 2 aromatic carbocycles. The minimum Gasteiger partial charge on any atom is -0.275 e. The monoisotopic (exact) mass is 400 g/mol. The number of benzene rings is 2. The van der Waals surface area contributed by atoms with E-state index >= 15 is 0 Å². The van der Waals surface area contributed by atoms with Crippen LogP contribution in [0.15, 0.2) is 46.9 Å². The van der Waals surface area contributed by atoms with E-state index < -0.39 is 11.6 Å². The van der Waals surface area contributed by atoms with Gasteiger partial charge in [0, 0.05) is 18.4 Å². The van der Waals surface area contributed by atoms with E-state index in [1.165, 1.54) is 30.5 Å². The summed E-state index contributed by atoms with van der Waals surface area (Å²) in [4.78, 5) is 18.3. The van der Waals surface area contributed by atoms with Crippen molar-refractivity contribution in [2.75, 3.05) is 10.3 Å². The second-order valence-electron chi connectivity index (χ2n) is 6.14. The van der Waals surface area contributed by atoms with Gasteiger partial charge in [0.25, 0.3) is 0 Å². The minimum absolute atomic E-state index is 0.0500. The molecule has 1 amide bonds. The molecule has 5 nitrogen and oxygen atoms in total. The van der Waals surface area contributed by atoms with Gasteiger partial charge < -0.3 is 0 Å². The van der Waals surface area contributed by atoms with E-state index in [0.29, 0.717) is 10.8 Å². The van der Waals surface area contributed by atoms with E-state index in [0.717, 1.165) is 28.9 Å². The number of carbonyl (C=O) groups is 1. The molecule has 0 aliphatic heterocycles. The number of halogens is 2. The van der Waals surface area contributed by atoms with E-state index in [4.69, 9.17) is 0 Å². The first kappa shape index (κ1) is 19.6. The Morgan fingerprint density at radius 3 is 2.57 bits per heavy atom. The SMILES string of the molecule is CC(=O)N(c1nc(/C=N\Nc2ccc(F)cc2F)cs1)c1c(C)cccc1C. The Morgan fingerprint density at radius 2 is 1.93 bits per heavy atom. The van der Waals surface area contributed by atoms with Crippen molar-refractivity contribution in [1.82, 2.24) is 4.98 Å². The Hall–Kier alpha value is -3.13. The topological polar surface area (TPSA) is 57.6 Å². The fourth-order valence-corrected chi connectivity index (χ4v) is 3.56. The van der Waals surface area contributed by atoms with Crippen LogP contribution in [0.5, 0.6) is 0 Å². The number of thiazole rings is 1. The predicted molar refractivity (Wildman–Crippen MR) is 108 cm³/mol. The van der Waals surface area contributed by atoms with Crippen LogP contribution in [-0.4, -0.2) is 17.1 Å². The first-order valence-corrected chi connectivity index (χ1v) is 9.31. The summed E-state index contributed by atoms with van der Waals surface area (Å²) in [6.45, 7) is 5.37. The number of hydrogen-bond acceptors (Lipinski definition) is 5. The molecular weight excluding hydrogens is 382 g/mol. The van der Waals surface area contributed by atoms with Gasteiger partial charge in [0.2, 0.25) is 5.91 Å². The standard InChI is InChI=1S/C20H18F2N4OS/c1-12-5-4-6-13(2)19(12)26(14(3)27)20-24-16(11-28-20)10-23-25-18-8-7-15(21)9-17(18)22/h4-11,25H,1-3H3/b23-10-. The fraction of sp³-hybridized carbons (Fsp3) is 0.150. The smallest absolute Gasteiger partial charge is 0.230 e. The zero-order chi connectivity index (χ0) is 20.3. The van der Waals surface area contributed by atoms with Crippen molar-refractivity contribution < 1.29 is 13.6 Å². The number of hydrogen-bond donors (Lipinski definition) is 1. The van der Waals surface area contributed by atoms with Crippen LogP contribution in [0.1, 0.15) is 23.7 Å². The maximum absolute atomic E-state index is 13.6.